The van der Waals surface area contributed by atoms with E-state index < -0.39 is 22.5 Å². The predicted octanol–water partition coefficient (Wildman–Crippen LogP) is 3.64. The van der Waals surface area contributed by atoms with Gasteiger partial charge in [0, 0.05) is 6.54 Å². The van der Waals surface area contributed by atoms with E-state index in [9.17, 15) is 18.0 Å². The first kappa shape index (κ1) is 24.0. The maximum Gasteiger partial charge on any atom is 0.253 e. The SMILES string of the molecule is Cc1ccc(N(CC(=O)Nc2ccccc2C(=O)NCc2ccccc2)S(C)(=O)=O)cc1C. The monoisotopic (exact) mass is 465 g/mol. The van der Waals surface area contributed by atoms with E-state index in [1.807, 2.05) is 50.2 Å². The van der Waals surface area contributed by atoms with E-state index >= 15 is 0 Å². The number of nitrogens with one attached hydrogen (secondary N) is 2. The molecule has 172 valence electrons. The van der Waals surface area contributed by atoms with E-state index in [-0.39, 0.29) is 5.91 Å². The molecule has 0 aliphatic carbocycles. The van der Waals surface area contributed by atoms with Gasteiger partial charge in [0.15, 0.2) is 0 Å². The second kappa shape index (κ2) is 10.3. The number of benzene rings is 3. The highest BCUT2D eigenvalue weighted by Crippen LogP contribution is 2.22. The predicted molar refractivity (Wildman–Crippen MR) is 131 cm³/mol. The molecule has 0 saturated heterocycles. The van der Waals surface area contributed by atoms with Crippen LogP contribution >= 0.6 is 0 Å². The molecule has 7 nitrogen and oxygen atoms in total. The van der Waals surface area contributed by atoms with Crippen LogP contribution in [0.2, 0.25) is 0 Å². The number of carbonyl (C=O) groups excluding carboxylic acids is 2. The molecule has 0 aromatic heterocycles. The van der Waals surface area contributed by atoms with Gasteiger partial charge in [0.2, 0.25) is 15.9 Å². The van der Waals surface area contributed by atoms with Gasteiger partial charge in [0.05, 0.1) is 23.2 Å². The number of carbonyl (C=O) groups is 2. The molecule has 3 aromatic rings. The average molecular weight is 466 g/mol. The molecule has 0 fully saturated rings. The van der Waals surface area contributed by atoms with Crippen LogP contribution in [-0.4, -0.2) is 33.0 Å². The van der Waals surface area contributed by atoms with E-state index in [1.54, 1.807) is 36.4 Å². The maximum absolute atomic E-state index is 12.8. The van der Waals surface area contributed by atoms with Gasteiger partial charge >= 0.3 is 0 Å². The quantitative estimate of drug-likeness (QED) is 0.531. The fourth-order valence-electron chi connectivity index (χ4n) is 3.26. The first-order chi connectivity index (χ1) is 15.6. The summed E-state index contributed by atoms with van der Waals surface area (Å²) in [4.78, 5) is 25.5. The summed E-state index contributed by atoms with van der Waals surface area (Å²) in [6.07, 6.45) is 1.06. The number of hydrogen-bond donors (Lipinski definition) is 2. The van der Waals surface area contributed by atoms with Crippen molar-refractivity contribution < 1.29 is 18.0 Å². The third kappa shape index (κ3) is 6.43. The highest BCUT2D eigenvalue weighted by molar-refractivity contribution is 7.92. The zero-order valence-corrected chi connectivity index (χ0v) is 19.6. The Morgan fingerprint density at radius 1 is 0.879 bits per heavy atom. The van der Waals surface area contributed by atoms with Crippen LogP contribution in [0.3, 0.4) is 0 Å². The van der Waals surface area contributed by atoms with Crippen LogP contribution in [0.15, 0.2) is 72.8 Å². The lowest BCUT2D eigenvalue weighted by Crippen LogP contribution is -2.37. The molecule has 0 saturated carbocycles. The van der Waals surface area contributed by atoms with E-state index in [1.165, 1.54) is 0 Å². The summed E-state index contributed by atoms with van der Waals surface area (Å²) >= 11 is 0. The summed E-state index contributed by atoms with van der Waals surface area (Å²) in [6.45, 7) is 3.73. The van der Waals surface area contributed by atoms with Crippen LogP contribution in [0.4, 0.5) is 11.4 Å². The van der Waals surface area contributed by atoms with Crippen LogP contribution in [0.25, 0.3) is 0 Å². The molecule has 2 N–H and O–H groups in total. The van der Waals surface area contributed by atoms with Gasteiger partial charge < -0.3 is 10.6 Å². The minimum Gasteiger partial charge on any atom is -0.348 e. The zero-order chi connectivity index (χ0) is 24.0. The van der Waals surface area contributed by atoms with E-state index in [0.29, 0.717) is 23.5 Å². The second-order valence-electron chi connectivity index (χ2n) is 7.80. The van der Waals surface area contributed by atoms with Crippen LogP contribution < -0.4 is 14.9 Å². The first-order valence-electron chi connectivity index (χ1n) is 10.4. The lowest BCUT2D eigenvalue weighted by atomic mass is 10.1. The average Bonchev–Trinajstić information content (AvgIpc) is 2.78. The molecule has 3 aromatic carbocycles. The Morgan fingerprint density at radius 2 is 1.55 bits per heavy atom. The van der Waals surface area contributed by atoms with Crippen molar-refractivity contribution in [2.24, 2.45) is 0 Å². The number of amides is 2. The molecule has 2 amide bonds. The summed E-state index contributed by atoms with van der Waals surface area (Å²) in [5, 5.41) is 5.52. The van der Waals surface area contributed by atoms with Crippen molar-refractivity contribution in [1.82, 2.24) is 5.32 Å². The van der Waals surface area contributed by atoms with Crippen molar-refractivity contribution in [1.29, 1.82) is 0 Å². The van der Waals surface area contributed by atoms with E-state index in [4.69, 9.17) is 0 Å². The van der Waals surface area contributed by atoms with Gasteiger partial charge in [-0.15, -0.1) is 0 Å². The summed E-state index contributed by atoms with van der Waals surface area (Å²) in [5.74, 6) is -0.897. The molecule has 0 aliphatic heterocycles. The Hall–Kier alpha value is -3.65. The Morgan fingerprint density at radius 3 is 2.21 bits per heavy atom. The largest absolute Gasteiger partial charge is 0.348 e. The van der Waals surface area contributed by atoms with Crippen molar-refractivity contribution in [3.05, 3.63) is 95.1 Å². The minimum absolute atomic E-state index is 0.291. The molecule has 0 unspecified atom stereocenters. The van der Waals surface area contributed by atoms with Gasteiger partial charge in [-0.05, 0) is 54.8 Å². The van der Waals surface area contributed by atoms with Gasteiger partial charge in [-0.1, -0.05) is 48.5 Å². The summed E-state index contributed by atoms with van der Waals surface area (Å²) in [6, 6.07) is 21.3. The van der Waals surface area contributed by atoms with Gasteiger partial charge in [0.1, 0.15) is 6.54 Å². The molecule has 33 heavy (non-hydrogen) atoms. The number of nitrogens with zero attached hydrogens (tertiary/aromatic N) is 1. The second-order valence-corrected chi connectivity index (χ2v) is 9.71. The lowest BCUT2D eigenvalue weighted by molar-refractivity contribution is -0.114. The Kier molecular flexibility index (Phi) is 7.50. The molecule has 0 atom stereocenters. The molecular weight excluding hydrogens is 438 g/mol. The Labute approximate surface area is 194 Å². The number of aryl methyl sites for hydroxylation is 2. The standard InChI is InChI=1S/C25H27N3O4S/c1-18-13-14-21(15-19(18)2)28(33(3,31)32)17-24(29)27-23-12-8-7-11-22(23)25(30)26-16-20-9-5-4-6-10-20/h4-15H,16-17H2,1-3H3,(H,26,30)(H,27,29). The summed E-state index contributed by atoms with van der Waals surface area (Å²) in [5.41, 5.74) is 3.89. The molecular formula is C25H27N3O4S. The Bertz CT molecular complexity index is 1260. The van der Waals surface area contributed by atoms with Crippen molar-refractivity contribution in [2.75, 3.05) is 22.4 Å². The molecule has 0 bridgehead atoms. The van der Waals surface area contributed by atoms with Crippen molar-refractivity contribution in [3.63, 3.8) is 0 Å². The molecule has 0 heterocycles. The Balaban J connectivity index is 1.75. The zero-order valence-electron chi connectivity index (χ0n) is 18.8. The van der Waals surface area contributed by atoms with Gasteiger partial charge in [-0.2, -0.15) is 0 Å². The van der Waals surface area contributed by atoms with Crippen LogP contribution in [0.1, 0.15) is 27.0 Å². The summed E-state index contributed by atoms with van der Waals surface area (Å²) in [7, 11) is -3.71. The minimum atomic E-state index is -3.71. The third-order valence-electron chi connectivity index (χ3n) is 5.21. The molecule has 0 aliphatic rings. The first-order valence-corrected chi connectivity index (χ1v) is 12.3. The van der Waals surface area contributed by atoms with E-state index in [2.05, 4.69) is 10.6 Å². The number of para-hydroxylation sites is 1. The molecule has 8 heteroatoms. The fraction of sp³-hybridized carbons (Fsp3) is 0.200. The third-order valence-corrected chi connectivity index (χ3v) is 6.35. The lowest BCUT2D eigenvalue weighted by Gasteiger charge is -2.23. The van der Waals surface area contributed by atoms with Crippen molar-refractivity contribution >= 4 is 33.2 Å². The summed E-state index contributed by atoms with van der Waals surface area (Å²) < 4.78 is 25.8. The smallest absolute Gasteiger partial charge is 0.253 e. The molecule has 3 rings (SSSR count). The van der Waals surface area contributed by atoms with Crippen LogP contribution in [0, 0.1) is 13.8 Å². The fourth-order valence-corrected chi connectivity index (χ4v) is 4.11. The topological polar surface area (TPSA) is 95.6 Å². The maximum atomic E-state index is 12.8. The van der Waals surface area contributed by atoms with Crippen LogP contribution in [0.5, 0.6) is 0 Å². The number of hydrogen-bond acceptors (Lipinski definition) is 4. The number of rotatable bonds is 8. The van der Waals surface area contributed by atoms with Crippen LogP contribution in [-0.2, 0) is 21.4 Å². The molecule has 0 spiro atoms. The number of anilines is 2. The van der Waals surface area contributed by atoms with Crippen molar-refractivity contribution in [3.8, 4) is 0 Å². The highest BCUT2D eigenvalue weighted by atomic mass is 32.2. The molecule has 0 radical (unpaired) electrons. The number of sulfonamides is 1. The van der Waals surface area contributed by atoms with Gasteiger partial charge in [0.25, 0.3) is 5.91 Å². The van der Waals surface area contributed by atoms with Crippen molar-refractivity contribution in [2.45, 2.75) is 20.4 Å². The highest BCUT2D eigenvalue weighted by Gasteiger charge is 2.22. The van der Waals surface area contributed by atoms with Gasteiger partial charge in [-0.3, -0.25) is 13.9 Å². The van der Waals surface area contributed by atoms with Gasteiger partial charge in [-0.25, -0.2) is 8.42 Å². The normalized spacial score (nSPS) is 11.0. The van der Waals surface area contributed by atoms with E-state index in [0.717, 1.165) is 27.3 Å².